The van der Waals surface area contributed by atoms with E-state index in [0.29, 0.717) is 0 Å². The van der Waals surface area contributed by atoms with Crippen molar-refractivity contribution in [3.05, 3.63) is 0 Å². The van der Waals surface area contributed by atoms with E-state index in [1.54, 1.807) is 19.3 Å². The molecule has 1 N–H and O–H groups in total. The third-order valence-electron chi connectivity index (χ3n) is 3.83. The fraction of sp³-hybridized carbons (Fsp3) is 1.00. The van der Waals surface area contributed by atoms with Crippen LogP contribution in [0.5, 0.6) is 0 Å². The van der Waals surface area contributed by atoms with Gasteiger partial charge in [0.15, 0.2) is 0 Å². The molecule has 1 unspecified atom stereocenters. The van der Waals surface area contributed by atoms with Crippen molar-refractivity contribution < 1.29 is 0 Å². The first kappa shape index (κ1) is 8.55. The molecule has 3 fully saturated rings. The van der Waals surface area contributed by atoms with Crippen LogP contribution in [0.3, 0.4) is 0 Å². The van der Waals surface area contributed by atoms with E-state index in [1.807, 2.05) is 7.05 Å². The van der Waals surface area contributed by atoms with Gasteiger partial charge in [-0.25, -0.2) is 0 Å². The first-order valence-corrected chi connectivity index (χ1v) is 5.39. The zero-order valence-electron chi connectivity index (χ0n) is 8.40. The lowest BCUT2D eigenvalue weighted by atomic mass is 9.42. The fourth-order valence-corrected chi connectivity index (χ4v) is 3.14. The van der Waals surface area contributed by atoms with Crippen LogP contribution in [0.1, 0.15) is 39.0 Å². The largest absolute Gasteiger partial charge is 0.320 e. The molecule has 3 aliphatic rings. The van der Waals surface area contributed by atoms with Gasteiger partial charge in [0, 0.05) is 0 Å². The lowest BCUT2D eigenvalue weighted by molar-refractivity contribution is -0.121. The van der Waals surface area contributed by atoms with E-state index in [-0.39, 0.29) is 0 Å². The molecule has 0 aromatic heterocycles. The minimum absolute atomic E-state index is 0.859. The monoisotopic (exact) mass is 167 g/mol. The van der Waals surface area contributed by atoms with E-state index >= 15 is 0 Å². The highest BCUT2D eigenvalue weighted by Gasteiger charge is 2.56. The molecular weight excluding hydrogens is 146 g/mol. The summed E-state index contributed by atoms with van der Waals surface area (Å²) in [6, 6.07) is 0. The molecule has 1 heteroatoms. The third kappa shape index (κ3) is 1.39. The van der Waals surface area contributed by atoms with Crippen molar-refractivity contribution in [3.8, 4) is 0 Å². The molecule has 3 rings (SSSR count). The second-order valence-corrected chi connectivity index (χ2v) is 5.18. The van der Waals surface area contributed by atoms with Gasteiger partial charge in [-0.15, -0.1) is 0 Å². The zero-order valence-corrected chi connectivity index (χ0v) is 8.40. The number of hydrogen-bond acceptors (Lipinski definition) is 1. The Hall–Kier alpha value is -0.0400. The van der Waals surface area contributed by atoms with Gasteiger partial charge in [-0.3, -0.25) is 0 Å². The van der Waals surface area contributed by atoms with Gasteiger partial charge in [0.1, 0.15) is 0 Å². The first-order chi connectivity index (χ1) is 5.74. The van der Waals surface area contributed by atoms with Crippen LogP contribution in [-0.4, -0.2) is 13.6 Å². The van der Waals surface area contributed by atoms with Crippen molar-refractivity contribution in [1.82, 2.24) is 5.32 Å². The first-order valence-electron chi connectivity index (χ1n) is 5.39. The van der Waals surface area contributed by atoms with E-state index in [4.69, 9.17) is 0 Å². The molecule has 3 aliphatic carbocycles. The fourth-order valence-electron chi connectivity index (χ4n) is 3.14. The van der Waals surface area contributed by atoms with Gasteiger partial charge in [0.25, 0.3) is 0 Å². The highest BCUT2D eigenvalue weighted by molar-refractivity contribution is 5.06. The molecular formula is C11H21N. The SMILES string of the molecule is CNCCC(C)CC12CC(C1)C2. The molecule has 0 radical (unpaired) electrons. The van der Waals surface area contributed by atoms with E-state index in [2.05, 4.69) is 12.2 Å². The van der Waals surface area contributed by atoms with Gasteiger partial charge in [-0.2, -0.15) is 0 Å². The summed E-state index contributed by atoms with van der Waals surface area (Å²) < 4.78 is 0. The van der Waals surface area contributed by atoms with Gasteiger partial charge >= 0.3 is 0 Å². The third-order valence-corrected chi connectivity index (χ3v) is 3.83. The van der Waals surface area contributed by atoms with Crippen LogP contribution < -0.4 is 5.32 Å². The molecule has 0 aromatic carbocycles. The predicted molar refractivity (Wildman–Crippen MR) is 52.1 cm³/mol. The van der Waals surface area contributed by atoms with Crippen molar-refractivity contribution in [2.24, 2.45) is 17.3 Å². The van der Waals surface area contributed by atoms with Gasteiger partial charge in [-0.05, 0) is 62.9 Å². The topological polar surface area (TPSA) is 12.0 Å². The van der Waals surface area contributed by atoms with Gasteiger partial charge in [-0.1, -0.05) is 6.92 Å². The van der Waals surface area contributed by atoms with Crippen LogP contribution in [0.2, 0.25) is 0 Å². The Morgan fingerprint density at radius 1 is 1.42 bits per heavy atom. The molecule has 3 saturated carbocycles. The number of hydrogen-bond donors (Lipinski definition) is 1. The Morgan fingerprint density at radius 2 is 2.08 bits per heavy atom. The molecule has 0 amide bonds. The number of rotatable bonds is 5. The standard InChI is InChI=1S/C11H21N/c1-9(3-4-12-2)5-11-6-10(7-11)8-11/h9-10,12H,3-8H2,1-2H3. The van der Waals surface area contributed by atoms with Crippen LogP contribution in [0.4, 0.5) is 0 Å². The summed E-state index contributed by atoms with van der Waals surface area (Å²) >= 11 is 0. The van der Waals surface area contributed by atoms with E-state index < -0.39 is 0 Å². The molecule has 0 aromatic rings. The average molecular weight is 167 g/mol. The van der Waals surface area contributed by atoms with Gasteiger partial charge in [0.05, 0.1) is 0 Å². The highest BCUT2D eigenvalue weighted by atomic mass is 14.8. The van der Waals surface area contributed by atoms with Crippen molar-refractivity contribution >= 4 is 0 Å². The van der Waals surface area contributed by atoms with E-state index in [9.17, 15) is 0 Å². The molecule has 70 valence electrons. The second kappa shape index (κ2) is 3.02. The minimum Gasteiger partial charge on any atom is -0.320 e. The van der Waals surface area contributed by atoms with Crippen LogP contribution in [0.25, 0.3) is 0 Å². The maximum absolute atomic E-state index is 3.23. The molecule has 0 heterocycles. The highest BCUT2D eigenvalue weighted by Crippen LogP contribution is 2.67. The Kier molecular flexibility index (Phi) is 2.16. The summed E-state index contributed by atoms with van der Waals surface area (Å²) in [5.74, 6) is 2.10. The zero-order chi connectivity index (χ0) is 8.60. The maximum Gasteiger partial charge on any atom is -0.00494 e. The van der Waals surface area contributed by atoms with Crippen LogP contribution >= 0.6 is 0 Å². The molecule has 0 spiro atoms. The summed E-state index contributed by atoms with van der Waals surface area (Å²) in [4.78, 5) is 0. The van der Waals surface area contributed by atoms with E-state index in [0.717, 1.165) is 17.3 Å². The Labute approximate surface area is 75.9 Å². The molecule has 1 atom stereocenters. The summed E-state index contributed by atoms with van der Waals surface area (Å²) in [7, 11) is 2.05. The summed E-state index contributed by atoms with van der Waals surface area (Å²) in [5, 5.41) is 3.23. The average Bonchev–Trinajstić information content (AvgIpc) is 1.90. The summed E-state index contributed by atoms with van der Waals surface area (Å²) in [5.41, 5.74) is 0.859. The Bertz CT molecular complexity index is 147. The van der Waals surface area contributed by atoms with E-state index in [1.165, 1.54) is 19.4 Å². The summed E-state index contributed by atoms with van der Waals surface area (Å²) in [6.45, 7) is 3.61. The Morgan fingerprint density at radius 3 is 2.50 bits per heavy atom. The van der Waals surface area contributed by atoms with Crippen molar-refractivity contribution in [2.75, 3.05) is 13.6 Å². The lowest BCUT2D eigenvalue weighted by Gasteiger charge is -2.63. The molecule has 1 nitrogen and oxygen atoms in total. The van der Waals surface area contributed by atoms with Crippen LogP contribution in [-0.2, 0) is 0 Å². The molecule has 0 saturated heterocycles. The normalized spacial score (nSPS) is 40.0. The lowest BCUT2D eigenvalue weighted by Crippen LogP contribution is -2.52. The number of nitrogens with one attached hydrogen (secondary N) is 1. The van der Waals surface area contributed by atoms with Crippen molar-refractivity contribution in [3.63, 3.8) is 0 Å². The smallest absolute Gasteiger partial charge is 0.00494 e. The van der Waals surface area contributed by atoms with Crippen molar-refractivity contribution in [2.45, 2.75) is 39.0 Å². The maximum atomic E-state index is 3.23. The quantitative estimate of drug-likeness (QED) is 0.663. The van der Waals surface area contributed by atoms with Crippen LogP contribution in [0.15, 0.2) is 0 Å². The molecule has 2 bridgehead atoms. The second-order valence-electron chi connectivity index (χ2n) is 5.18. The predicted octanol–water partition coefficient (Wildman–Crippen LogP) is 2.42. The van der Waals surface area contributed by atoms with Gasteiger partial charge < -0.3 is 5.32 Å². The Balaban J connectivity index is 1.65. The molecule has 0 aliphatic heterocycles. The molecule has 12 heavy (non-hydrogen) atoms. The van der Waals surface area contributed by atoms with Crippen LogP contribution in [0, 0.1) is 17.3 Å². The minimum atomic E-state index is 0.859. The van der Waals surface area contributed by atoms with Gasteiger partial charge in [0.2, 0.25) is 0 Å². The summed E-state index contributed by atoms with van der Waals surface area (Å²) in [6.07, 6.45) is 7.57. The van der Waals surface area contributed by atoms with Crippen molar-refractivity contribution in [1.29, 1.82) is 0 Å².